The van der Waals surface area contributed by atoms with Crippen molar-refractivity contribution in [1.82, 2.24) is 10.2 Å². The van der Waals surface area contributed by atoms with E-state index in [4.69, 9.17) is 4.74 Å². The maximum atomic E-state index is 13.4. The molecule has 2 aromatic rings. The molecule has 6 nitrogen and oxygen atoms in total. The predicted octanol–water partition coefficient (Wildman–Crippen LogP) is 3.84. The summed E-state index contributed by atoms with van der Waals surface area (Å²) >= 11 is 0. The molecular formula is C23H28N2O4. The standard InChI is InChI=1S/C23H28N2O4/c1-22(2,3)29-21(28)25-14-13-24-15-23(25,4)20(27)17-11-9-16(10-12-17)18-7-5-6-8-19(18)26/h5-12,24,26H,13-15H2,1-4H3. The molecule has 0 bridgehead atoms. The van der Waals surface area contributed by atoms with Gasteiger partial charge in [-0.15, -0.1) is 0 Å². The quantitative estimate of drug-likeness (QED) is 0.771. The molecule has 0 spiro atoms. The zero-order chi connectivity index (χ0) is 21.2. The molecule has 2 N–H and O–H groups in total. The number of carbonyl (C=O) groups is 2. The van der Waals surface area contributed by atoms with Crippen molar-refractivity contribution in [3.8, 4) is 16.9 Å². The number of amides is 1. The second-order valence-corrected chi connectivity index (χ2v) is 8.51. The van der Waals surface area contributed by atoms with Crippen LogP contribution in [0.5, 0.6) is 5.75 Å². The summed E-state index contributed by atoms with van der Waals surface area (Å²) in [6, 6.07) is 14.1. The summed E-state index contributed by atoms with van der Waals surface area (Å²) in [5.41, 5.74) is 0.342. The van der Waals surface area contributed by atoms with Gasteiger partial charge in [-0.2, -0.15) is 0 Å². The molecule has 0 aromatic heterocycles. The van der Waals surface area contributed by atoms with E-state index in [2.05, 4.69) is 5.32 Å². The Kier molecular flexibility index (Phi) is 5.66. The summed E-state index contributed by atoms with van der Waals surface area (Å²) < 4.78 is 5.53. The van der Waals surface area contributed by atoms with Crippen LogP contribution in [0.25, 0.3) is 11.1 Å². The van der Waals surface area contributed by atoms with E-state index in [1.54, 1.807) is 43.3 Å². The van der Waals surface area contributed by atoms with E-state index in [9.17, 15) is 14.7 Å². The van der Waals surface area contributed by atoms with Crippen LogP contribution in [0.3, 0.4) is 0 Å². The Hall–Kier alpha value is -2.86. The van der Waals surface area contributed by atoms with Crippen LogP contribution >= 0.6 is 0 Å². The number of benzene rings is 2. The Morgan fingerprint density at radius 3 is 2.38 bits per heavy atom. The summed E-state index contributed by atoms with van der Waals surface area (Å²) in [6.45, 7) is 8.55. The minimum Gasteiger partial charge on any atom is -0.507 e. The first-order valence-corrected chi connectivity index (χ1v) is 9.76. The van der Waals surface area contributed by atoms with Crippen molar-refractivity contribution < 1.29 is 19.4 Å². The monoisotopic (exact) mass is 396 g/mol. The zero-order valence-corrected chi connectivity index (χ0v) is 17.4. The highest BCUT2D eigenvalue weighted by atomic mass is 16.6. The van der Waals surface area contributed by atoms with Crippen molar-refractivity contribution in [1.29, 1.82) is 0 Å². The van der Waals surface area contributed by atoms with E-state index in [0.29, 0.717) is 30.8 Å². The van der Waals surface area contributed by atoms with Gasteiger partial charge in [-0.3, -0.25) is 9.69 Å². The van der Waals surface area contributed by atoms with E-state index in [-0.39, 0.29) is 11.5 Å². The second-order valence-electron chi connectivity index (χ2n) is 8.51. The molecule has 0 aliphatic carbocycles. The molecular weight excluding hydrogens is 368 g/mol. The van der Waals surface area contributed by atoms with Gasteiger partial charge in [0.25, 0.3) is 0 Å². The molecule has 1 saturated heterocycles. The van der Waals surface area contributed by atoms with Crippen molar-refractivity contribution >= 4 is 11.9 Å². The Labute approximate surface area is 171 Å². The number of nitrogens with zero attached hydrogens (tertiary/aromatic N) is 1. The molecule has 0 saturated carbocycles. The van der Waals surface area contributed by atoms with Crippen LogP contribution in [0.15, 0.2) is 48.5 Å². The molecule has 1 atom stereocenters. The van der Waals surface area contributed by atoms with Crippen LogP contribution < -0.4 is 5.32 Å². The van der Waals surface area contributed by atoms with Crippen LogP contribution in [0.4, 0.5) is 4.79 Å². The highest BCUT2D eigenvalue weighted by molar-refractivity contribution is 6.05. The zero-order valence-electron chi connectivity index (χ0n) is 17.4. The van der Waals surface area contributed by atoms with Gasteiger partial charge >= 0.3 is 6.09 Å². The average Bonchev–Trinajstić information content (AvgIpc) is 2.67. The number of phenolic OH excluding ortho intramolecular Hbond substituents is 1. The predicted molar refractivity (Wildman–Crippen MR) is 112 cm³/mol. The first kappa shape index (κ1) is 20.9. The number of nitrogens with one attached hydrogen (secondary N) is 1. The number of piperazine rings is 1. The summed E-state index contributed by atoms with van der Waals surface area (Å²) in [5, 5.41) is 13.3. The molecule has 2 aromatic carbocycles. The van der Waals surface area contributed by atoms with Gasteiger partial charge in [0, 0.05) is 30.8 Å². The third kappa shape index (κ3) is 4.43. The summed E-state index contributed by atoms with van der Waals surface area (Å²) in [7, 11) is 0. The third-order valence-electron chi connectivity index (χ3n) is 5.04. The fourth-order valence-electron chi connectivity index (χ4n) is 3.51. The lowest BCUT2D eigenvalue weighted by Crippen LogP contribution is -2.65. The molecule has 1 aliphatic heterocycles. The third-order valence-corrected chi connectivity index (χ3v) is 5.04. The molecule has 1 aliphatic rings. The van der Waals surface area contributed by atoms with Gasteiger partial charge in [0.2, 0.25) is 0 Å². The fourth-order valence-corrected chi connectivity index (χ4v) is 3.51. The molecule has 1 amide bonds. The van der Waals surface area contributed by atoms with E-state index in [1.165, 1.54) is 4.90 Å². The van der Waals surface area contributed by atoms with Gasteiger partial charge < -0.3 is 15.2 Å². The number of rotatable bonds is 3. The number of aromatic hydroxyl groups is 1. The van der Waals surface area contributed by atoms with Crippen molar-refractivity contribution in [2.24, 2.45) is 0 Å². The number of Topliss-reactive ketones (excluding diaryl/α,β-unsaturated/α-hetero) is 1. The number of ether oxygens (including phenoxy) is 1. The van der Waals surface area contributed by atoms with Gasteiger partial charge in [0.05, 0.1) is 0 Å². The lowest BCUT2D eigenvalue weighted by molar-refractivity contribution is -0.00372. The van der Waals surface area contributed by atoms with Crippen molar-refractivity contribution in [3.63, 3.8) is 0 Å². The van der Waals surface area contributed by atoms with Gasteiger partial charge in [0.1, 0.15) is 16.9 Å². The van der Waals surface area contributed by atoms with Gasteiger partial charge in [0.15, 0.2) is 5.78 Å². The topological polar surface area (TPSA) is 78.9 Å². The van der Waals surface area contributed by atoms with E-state index >= 15 is 0 Å². The number of hydrogen-bond acceptors (Lipinski definition) is 5. The number of ketones is 1. The molecule has 1 fully saturated rings. The number of hydrogen-bond donors (Lipinski definition) is 2. The Morgan fingerprint density at radius 1 is 1.10 bits per heavy atom. The molecule has 6 heteroatoms. The molecule has 3 rings (SSSR count). The summed E-state index contributed by atoms with van der Waals surface area (Å²) in [6.07, 6.45) is -0.485. The summed E-state index contributed by atoms with van der Waals surface area (Å²) in [5.74, 6) is 0.0329. The van der Waals surface area contributed by atoms with Crippen LogP contribution in [-0.4, -0.2) is 52.7 Å². The number of phenols is 1. The van der Waals surface area contributed by atoms with Crippen molar-refractivity contribution in [2.75, 3.05) is 19.6 Å². The van der Waals surface area contributed by atoms with Gasteiger partial charge in [-0.25, -0.2) is 4.79 Å². The highest BCUT2D eigenvalue weighted by Gasteiger charge is 2.45. The maximum Gasteiger partial charge on any atom is 0.411 e. The molecule has 154 valence electrons. The lowest BCUT2D eigenvalue weighted by Gasteiger charge is -2.44. The average molecular weight is 396 g/mol. The molecule has 1 unspecified atom stereocenters. The Balaban J connectivity index is 1.87. The lowest BCUT2D eigenvalue weighted by atomic mass is 9.87. The van der Waals surface area contributed by atoms with Crippen LogP contribution in [0, 0.1) is 0 Å². The van der Waals surface area contributed by atoms with Crippen LogP contribution in [-0.2, 0) is 4.74 Å². The van der Waals surface area contributed by atoms with Gasteiger partial charge in [-0.1, -0.05) is 42.5 Å². The van der Waals surface area contributed by atoms with E-state index in [0.717, 1.165) is 5.56 Å². The van der Waals surface area contributed by atoms with Crippen LogP contribution in [0.2, 0.25) is 0 Å². The van der Waals surface area contributed by atoms with Gasteiger partial charge in [-0.05, 0) is 39.3 Å². The first-order valence-electron chi connectivity index (χ1n) is 9.76. The highest BCUT2D eigenvalue weighted by Crippen LogP contribution is 2.30. The largest absolute Gasteiger partial charge is 0.507 e. The minimum atomic E-state index is -1.04. The Morgan fingerprint density at radius 2 is 1.76 bits per heavy atom. The Bertz CT molecular complexity index is 902. The van der Waals surface area contributed by atoms with Crippen molar-refractivity contribution in [3.05, 3.63) is 54.1 Å². The SMILES string of the molecule is CC(C)(C)OC(=O)N1CCNCC1(C)C(=O)c1ccc(-c2ccccc2O)cc1. The smallest absolute Gasteiger partial charge is 0.411 e. The fraction of sp³-hybridized carbons (Fsp3) is 0.391. The molecule has 1 heterocycles. The first-order chi connectivity index (χ1) is 13.6. The number of carbonyl (C=O) groups excluding carboxylic acids is 2. The van der Waals surface area contributed by atoms with E-state index < -0.39 is 17.2 Å². The minimum absolute atomic E-state index is 0.153. The molecule has 29 heavy (non-hydrogen) atoms. The second kappa shape index (κ2) is 7.87. The van der Waals surface area contributed by atoms with Crippen LogP contribution in [0.1, 0.15) is 38.1 Å². The number of para-hydroxylation sites is 1. The molecule has 0 radical (unpaired) electrons. The maximum absolute atomic E-state index is 13.4. The van der Waals surface area contributed by atoms with Crippen molar-refractivity contribution in [2.45, 2.75) is 38.8 Å². The normalized spacial score (nSPS) is 19.7. The van der Waals surface area contributed by atoms with E-state index in [1.807, 2.05) is 32.9 Å². The summed E-state index contributed by atoms with van der Waals surface area (Å²) in [4.78, 5) is 27.6.